The second-order valence-electron chi connectivity index (χ2n) is 4.52. The van der Waals surface area contributed by atoms with E-state index in [2.05, 4.69) is 4.89 Å². The van der Waals surface area contributed by atoms with E-state index in [1.807, 2.05) is 60.5 Å². The van der Waals surface area contributed by atoms with Gasteiger partial charge in [-0.3, -0.25) is 4.89 Å². The zero-order valence-corrected chi connectivity index (χ0v) is 10.4. The molecule has 0 radical (unpaired) electrons. The zero-order chi connectivity index (χ0) is 13.4. The van der Waals surface area contributed by atoms with E-state index in [1.54, 1.807) is 0 Å². The molecule has 0 saturated carbocycles. The molecular formula is C15H13NO3. The van der Waals surface area contributed by atoms with E-state index in [-0.39, 0.29) is 0 Å². The Labute approximate surface area is 110 Å². The number of para-hydroxylation sites is 2. The molecule has 1 aliphatic heterocycles. The van der Waals surface area contributed by atoms with Crippen molar-refractivity contribution in [3.05, 3.63) is 59.7 Å². The Bertz CT molecular complexity index is 591. The van der Waals surface area contributed by atoms with Crippen molar-refractivity contribution in [1.29, 1.82) is 0 Å². The molecule has 3 rings (SSSR count). The average molecular weight is 255 g/mol. The van der Waals surface area contributed by atoms with Gasteiger partial charge < -0.3 is 4.90 Å². The molecule has 0 fully saturated rings. The SMILES string of the molecule is CN1c2ccccc2C(C(=O)OO)c2ccccc21. The number of rotatable bonds is 1. The van der Waals surface area contributed by atoms with Gasteiger partial charge in [0, 0.05) is 18.4 Å². The Balaban J connectivity index is 2.26. The standard InChI is InChI=1S/C15H13NO3/c1-16-12-8-4-2-6-10(12)14(15(17)19-18)11-7-3-5-9-13(11)16/h2-9,14,18H,1H3. The minimum Gasteiger partial charge on any atom is -0.344 e. The van der Waals surface area contributed by atoms with Crippen molar-refractivity contribution in [2.24, 2.45) is 0 Å². The minimum absolute atomic E-state index is 0.589. The second kappa shape index (κ2) is 4.40. The Morgan fingerprint density at radius 3 is 2.00 bits per heavy atom. The highest BCUT2D eigenvalue weighted by Crippen LogP contribution is 2.44. The summed E-state index contributed by atoms with van der Waals surface area (Å²) in [4.78, 5) is 17.9. The van der Waals surface area contributed by atoms with Crippen molar-refractivity contribution in [2.75, 3.05) is 11.9 Å². The van der Waals surface area contributed by atoms with Crippen molar-refractivity contribution in [1.82, 2.24) is 0 Å². The van der Waals surface area contributed by atoms with Gasteiger partial charge in [-0.1, -0.05) is 36.4 Å². The van der Waals surface area contributed by atoms with Gasteiger partial charge in [-0.2, -0.15) is 5.26 Å². The van der Waals surface area contributed by atoms with Crippen LogP contribution >= 0.6 is 0 Å². The lowest BCUT2D eigenvalue weighted by atomic mass is 9.85. The van der Waals surface area contributed by atoms with E-state index in [0.717, 1.165) is 22.5 Å². The van der Waals surface area contributed by atoms with Crippen LogP contribution in [0.5, 0.6) is 0 Å². The first-order valence-electron chi connectivity index (χ1n) is 6.01. The lowest BCUT2D eigenvalue weighted by Crippen LogP contribution is -2.26. The molecule has 0 bridgehead atoms. The highest BCUT2D eigenvalue weighted by Gasteiger charge is 2.34. The lowest BCUT2D eigenvalue weighted by molar-refractivity contribution is -0.235. The van der Waals surface area contributed by atoms with Gasteiger partial charge in [0.25, 0.3) is 0 Å². The molecule has 1 N–H and O–H groups in total. The number of hydrogen-bond acceptors (Lipinski definition) is 4. The molecule has 96 valence electrons. The lowest BCUT2D eigenvalue weighted by Gasteiger charge is -2.33. The molecular weight excluding hydrogens is 242 g/mol. The summed E-state index contributed by atoms with van der Waals surface area (Å²) >= 11 is 0. The van der Waals surface area contributed by atoms with E-state index in [0.29, 0.717) is 0 Å². The number of anilines is 2. The number of benzene rings is 2. The Morgan fingerprint density at radius 2 is 1.53 bits per heavy atom. The van der Waals surface area contributed by atoms with Crippen molar-refractivity contribution in [3.63, 3.8) is 0 Å². The van der Waals surface area contributed by atoms with Gasteiger partial charge in [-0.15, -0.1) is 0 Å². The molecule has 1 aliphatic rings. The summed E-state index contributed by atoms with van der Waals surface area (Å²) in [6.45, 7) is 0. The van der Waals surface area contributed by atoms with Gasteiger partial charge in [-0.05, 0) is 23.3 Å². The highest BCUT2D eigenvalue weighted by atomic mass is 17.1. The molecule has 0 spiro atoms. The molecule has 0 aliphatic carbocycles. The van der Waals surface area contributed by atoms with Crippen molar-refractivity contribution in [3.8, 4) is 0 Å². The van der Waals surface area contributed by atoms with Gasteiger partial charge in [0.05, 0.1) is 0 Å². The maximum Gasteiger partial charge on any atom is 0.353 e. The van der Waals surface area contributed by atoms with Crippen molar-refractivity contribution < 1.29 is 14.9 Å². The van der Waals surface area contributed by atoms with Crippen LogP contribution in [0.3, 0.4) is 0 Å². The van der Waals surface area contributed by atoms with Crippen LogP contribution in [-0.4, -0.2) is 18.3 Å². The predicted octanol–water partition coefficient (Wildman–Crippen LogP) is 2.92. The molecule has 19 heavy (non-hydrogen) atoms. The summed E-state index contributed by atoms with van der Waals surface area (Å²) < 4.78 is 0. The van der Waals surface area contributed by atoms with Crippen LogP contribution in [0.1, 0.15) is 17.0 Å². The van der Waals surface area contributed by atoms with Crippen LogP contribution in [0.4, 0.5) is 11.4 Å². The quantitative estimate of drug-likeness (QED) is 0.628. The van der Waals surface area contributed by atoms with E-state index < -0.39 is 11.9 Å². The molecule has 4 nitrogen and oxygen atoms in total. The third-order valence-electron chi connectivity index (χ3n) is 3.54. The van der Waals surface area contributed by atoms with Crippen LogP contribution in [0, 0.1) is 0 Å². The van der Waals surface area contributed by atoms with Gasteiger partial charge in [0.15, 0.2) is 0 Å². The first-order chi connectivity index (χ1) is 9.24. The van der Waals surface area contributed by atoms with Gasteiger partial charge in [0.2, 0.25) is 0 Å². The number of nitrogens with zero attached hydrogens (tertiary/aromatic N) is 1. The van der Waals surface area contributed by atoms with Gasteiger partial charge in [-0.25, -0.2) is 4.79 Å². The summed E-state index contributed by atoms with van der Waals surface area (Å²) in [5.41, 5.74) is 3.55. The first kappa shape index (κ1) is 11.7. The summed E-state index contributed by atoms with van der Waals surface area (Å²) in [7, 11) is 1.96. The maximum atomic E-state index is 11.9. The fraction of sp³-hybridized carbons (Fsp3) is 0.133. The fourth-order valence-corrected chi connectivity index (χ4v) is 2.68. The minimum atomic E-state index is -0.659. The Morgan fingerprint density at radius 1 is 1.05 bits per heavy atom. The molecule has 0 amide bonds. The van der Waals surface area contributed by atoms with E-state index >= 15 is 0 Å². The molecule has 1 heterocycles. The molecule has 0 aromatic heterocycles. The molecule has 4 heteroatoms. The monoisotopic (exact) mass is 255 g/mol. The van der Waals surface area contributed by atoms with Crippen LogP contribution in [0.2, 0.25) is 0 Å². The van der Waals surface area contributed by atoms with Gasteiger partial charge >= 0.3 is 5.97 Å². The zero-order valence-electron chi connectivity index (χ0n) is 10.4. The molecule has 0 atom stereocenters. The fourth-order valence-electron chi connectivity index (χ4n) is 2.68. The van der Waals surface area contributed by atoms with Crippen LogP contribution in [0.25, 0.3) is 0 Å². The van der Waals surface area contributed by atoms with Crippen molar-refractivity contribution >= 4 is 17.3 Å². The Hall–Kier alpha value is -2.33. The third kappa shape index (κ3) is 1.69. The topological polar surface area (TPSA) is 49.8 Å². The second-order valence-corrected chi connectivity index (χ2v) is 4.52. The molecule has 0 saturated heterocycles. The first-order valence-corrected chi connectivity index (χ1v) is 6.01. The van der Waals surface area contributed by atoms with Crippen molar-refractivity contribution in [2.45, 2.75) is 5.92 Å². The van der Waals surface area contributed by atoms with E-state index in [4.69, 9.17) is 5.26 Å². The largest absolute Gasteiger partial charge is 0.353 e. The molecule has 2 aromatic carbocycles. The van der Waals surface area contributed by atoms with Crippen LogP contribution < -0.4 is 4.90 Å². The normalized spacial score (nSPS) is 13.7. The average Bonchev–Trinajstić information content (AvgIpc) is 2.47. The third-order valence-corrected chi connectivity index (χ3v) is 3.54. The number of carbonyl (C=O) groups excluding carboxylic acids is 1. The predicted molar refractivity (Wildman–Crippen MR) is 71.5 cm³/mol. The van der Waals surface area contributed by atoms with Crippen LogP contribution in [-0.2, 0) is 9.68 Å². The van der Waals surface area contributed by atoms with E-state index in [1.165, 1.54) is 0 Å². The Kier molecular flexibility index (Phi) is 2.72. The number of carbonyl (C=O) groups is 1. The molecule has 0 unspecified atom stereocenters. The van der Waals surface area contributed by atoms with Crippen LogP contribution in [0.15, 0.2) is 48.5 Å². The summed E-state index contributed by atoms with van der Waals surface area (Å²) in [6.07, 6.45) is 0. The number of fused-ring (bicyclic) bond motifs is 2. The summed E-state index contributed by atoms with van der Waals surface area (Å²) in [6, 6.07) is 15.2. The summed E-state index contributed by atoms with van der Waals surface area (Å²) in [5.74, 6) is -1.25. The maximum absolute atomic E-state index is 11.9. The highest BCUT2D eigenvalue weighted by molar-refractivity contribution is 5.90. The van der Waals surface area contributed by atoms with E-state index in [9.17, 15) is 4.79 Å². The molecule has 2 aromatic rings. The number of hydrogen-bond donors (Lipinski definition) is 1. The van der Waals surface area contributed by atoms with Gasteiger partial charge in [0.1, 0.15) is 5.92 Å². The summed E-state index contributed by atoms with van der Waals surface area (Å²) in [5, 5.41) is 8.74. The smallest absolute Gasteiger partial charge is 0.344 e.